The molecule has 0 amide bonds. The van der Waals surface area contributed by atoms with E-state index in [2.05, 4.69) is 4.74 Å². The van der Waals surface area contributed by atoms with Crippen LogP contribution in [0.2, 0.25) is 0 Å². The van der Waals surface area contributed by atoms with Gasteiger partial charge in [-0.25, -0.2) is 4.79 Å². The molecule has 5 nitrogen and oxygen atoms in total. The second-order valence-electron chi connectivity index (χ2n) is 3.10. The van der Waals surface area contributed by atoms with E-state index in [9.17, 15) is 9.59 Å². The van der Waals surface area contributed by atoms with Crippen LogP contribution in [0.1, 0.15) is 13.8 Å². The number of hydrogen-bond donors (Lipinski definition) is 1. The lowest BCUT2D eigenvalue weighted by Crippen LogP contribution is -2.50. The van der Waals surface area contributed by atoms with E-state index < -0.39 is 23.6 Å². The third-order valence-electron chi connectivity index (χ3n) is 1.62. The lowest BCUT2D eigenvalue weighted by molar-refractivity contribution is -0.160. The zero-order chi connectivity index (χ0) is 9.35. The van der Waals surface area contributed by atoms with Gasteiger partial charge < -0.3 is 15.2 Å². The lowest BCUT2D eigenvalue weighted by Gasteiger charge is -2.20. The Morgan fingerprint density at radius 1 is 1.83 bits per heavy atom. The molecule has 1 aliphatic heterocycles. The Labute approximate surface area is 69.8 Å². The van der Waals surface area contributed by atoms with Gasteiger partial charge in [0.25, 0.3) is 0 Å². The summed E-state index contributed by atoms with van der Waals surface area (Å²) in [6.45, 7) is 2.91. The SMILES string of the molecule is CC(=O)OC1C(=O)OCC1(C)N. The highest BCUT2D eigenvalue weighted by Crippen LogP contribution is 2.20. The maximum Gasteiger partial charge on any atom is 0.349 e. The van der Waals surface area contributed by atoms with E-state index in [1.165, 1.54) is 6.92 Å². The number of cyclic esters (lactones) is 1. The molecule has 0 bridgehead atoms. The van der Waals surface area contributed by atoms with Gasteiger partial charge in [0.15, 0.2) is 0 Å². The quantitative estimate of drug-likeness (QED) is 0.525. The third kappa shape index (κ3) is 1.55. The predicted molar refractivity (Wildman–Crippen MR) is 39.1 cm³/mol. The molecular formula is C7H11NO4. The number of rotatable bonds is 1. The van der Waals surface area contributed by atoms with Crippen molar-refractivity contribution >= 4 is 11.9 Å². The summed E-state index contributed by atoms with van der Waals surface area (Å²) in [4.78, 5) is 21.5. The summed E-state index contributed by atoms with van der Waals surface area (Å²) in [5.74, 6) is -1.11. The molecule has 12 heavy (non-hydrogen) atoms. The molecule has 1 aliphatic rings. The molecule has 0 aliphatic carbocycles. The Hall–Kier alpha value is -1.10. The van der Waals surface area contributed by atoms with Gasteiger partial charge in [-0.3, -0.25) is 4.79 Å². The molecule has 2 N–H and O–H groups in total. The van der Waals surface area contributed by atoms with Crippen LogP contribution >= 0.6 is 0 Å². The smallest absolute Gasteiger partial charge is 0.349 e. The summed E-state index contributed by atoms with van der Waals surface area (Å²) in [5, 5.41) is 0. The van der Waals surface area contributed by atoms with E-state index in [4.69, 9.17) is 10.5 Å². The second-order valence-corrected chi connectivity index (χ2v) is 3.10. The summed E-state index contributed by atoms with van der Waals surface area (Å²) in [6.07, 6.45) is -0.963. The maximum atomic E-state index is 10.9. The summed E-state index contributed by atoms with van der Waals surface area (Å²) in [5.41, 5.74) is 4.74. The monoisotopic (exact) mass is 173 g/mol. The highest BCUT2D eigenvalue weighted by atomic mass is 16.6. The van der Waals surface area contributed by atoms with Crippen LogP contribution < -0.4 is 5.73 Å². The molecule has 0 spiro atoms. The Balaban J connectivity index is 2.71. The second kappa shape index (κ2) is 2.75. The molecule has 1 heterocycles. The fourth-order valence-electron chi connectivity index (χ4n) is 0.996. The average molecular weight is 173 g/mol. The van der Waals surface area contributed by atoms with Crippen LogP contribution in [0, 0.1) is 0 Å². The summed E-state index contributed by atoms with van der Waals surface area (Å²) < 4.78 is 9.34. The van der Waals surface area contributed by atoms with E-state index in [0.29, 0.717) is 0 Å². The van der Waals surface area contributed by atoms with Gasteiger partial charge in [0, 0.05) is 6.92 Å². The Morgan fingerprint density at radius 2 is 2.42 bits per heavy atom. The Morgan fingerprint density at radius 3 is 2.75 bits per heavy atom. The molecule has 1 fully saturated rings. The fourth-order valence-corrected chi connectivity index (χ4v) is 0.996. The van der Waals surface area contributed by atoms with Gasteiger partial charge in [-0.15, -0.1) is 0 Å². The minimum absolute atomic E-state index is 0.0871. The van der Waals surface area contributed by atoms with Crippen LogP contribution in [0.3, 0.4) is 0 Å². The molecule has 5 heteroatoms. The van der Waals surface area contributed by atoms with Gasteiger partial charge in [0.05, 0.1) is 5.54 Å². The minimum Gasteiger partial charge on any atom is -0.461 e. The summed E-state index contributed by atoms with van der Waals surface area (Å²) in [6, 6.07) is 0. The first-order chi connectivity index (χ1) is 5.43. The fraction of sp³-hybridized carbons (Fsp3) is 0.714. The predicted octanol–water partition coefficient (Wildman–Crippen LogP) is -0.808. The van der Waals surface area contributed by atoms with Gasteiger partial charge in [0.1, 0.15) is 6.61 Å². The molecule has 0 aromatic carbocycles. The van der Waals surface area contributed by atoms with Crippen LogP contribution in [0.4, 0.5) is 0 Å². The standard InChI is InChI=1S/C7H11NO4/c1-4(9)12-5-6(10)11-3-7(5,2)8/h5H,3,8H2,1-2H3. The zero-order valence-corrected chi connectivity index (χ0v) is 6.99. The molecule has 0 aromatic rings. The number of ether oxygens (including phenoxy) is 2. The van der Waals surface area contributed by atoms with E-state index in [0.717, 1.165) is 0 Å². The van der Waals surface area contributed by atoms with Crippen molar-refractivity contribution in [3.05, 3.63) is 0 Å². The highest BCUT2D eigenvalue weighted by molar-refractivity contribution is 5.82. The molecule has 1 saturated heterocycles. The number of carbonyl (C=O) groups is 2. The van der Waals surface area contributed by atoms with Crippen molar-refractivity contribution in [2.24, 2.45) is 5.73 Å². The van der Waals surface area contributed by atoms with Crippen LogP contribution in [0.5, 0.6) is 0 Å². The van der Waals surface area contributed by atoms with E-state index in [1.807, 2.05) is 0 Å². The Bertz CT molecular complexity index is 223. The van der Waals surface area contributed by atoms with Crippen molar-refractivity contribution in [1.29, 1.82) is 0 Å². The van der Waals surface area contributed by atoms with Crippen LogP contribution in [0.15, 0.2) is 0 Å². The van der Waals surface area contributed by atoms with Gasteiger partial charge in [-0.2, -0.15) is 0 Å². The molecule has 1 rings (SSSR count). The van der Waals surface area contributed by atoms with Gasteiger partial charge in [0.2, 0.25) is 6.10 Å². The van der Waals surface area contributed by atoms with Crippen molar-refractivity contribution in [3.63, 3.8) is 0 Å². The maximum absolute atomic E-state index is 10.9. The summed E-state index contributed by atoms with van der Waals surface area (Å²) in [7, 11) is 0. The van der Waals surface area contributed by atoms with Crippen LogP contribution in [-0.2, 0) is 19.1 Å². The lowest BCUT2D eigenvalue weighted by atomic mass is 10.0. The molecular weight excluding hydrogens is 162 g/mol. The Kier molecular flexibility index (Phi) is 2.06. The molecule has 68 valence electrons. The number of nitrogens with two attached hydrogens (primary N) is 1. The first kappa shape index (κ1) is 8.99. The number of hydrogen-bond acceptors (Lipinski definition) is 5. The molecule has 2 unspecified atom stereocenters. The molecule has 0 saturated carbocycles. The first-order valence-electron chi connectivity index (χ1n) is 3.56. The van der Waals surface area contributed by atoms with Crippen molar-refractivity contribution in [3.8, 4) is 0 Å². The van der Waals surface area contributed by atoms with Crippen LogP contribution in [-0.4, -0.2) is 30.2 Å². The molecule has 2 atom stereocenters. The topological polar surface area (TPSA) is 78.6 Å². The van der Waals surface area contributed by atoms with Crippen molar-refractivity contribution in [2.45, 2.75) is 25.5 Å². The van der Waals surface area contributed by atoms with Gasteiger partial charge >= 0.3 is 11.9 Å². The average Bonchev–Trinajstić information content (AvgIpc) is 2.15. The first-order valence-corrected chi connectivity index (χ1v) is 3.56. The molecule has 0 radical (unpaired) electrons. The molecule has 0 aromatic heterocycles. The van der Waals surface area contributed by atoms with Crippen LogP contribution in [0.25, 0.3) is 0 Å². The highest BCUT2D eigenvalue weighted by Gasteiger charge is 2.46. The summed E-state index contributed by atoms with van der Waals surface area (Å²) >= 11 is 0. The number of carbonyl (C=O) groups excluding carboxylic acids is 2. The van der Waals surface area contributed by atoms with Crippen molar-refractivity contribution in [2.75, 3.05) is 6.61 Å². The normalized spacial score (nSPS) is 34.6. The van der Waals surface area contributed by atoms with Gasteiger partial charge in [-0.05, 0) is 6.92 Å². The van der Waals surface area contributed by atoms with E-state index in [1.54, 1.807) is 6.92 Å². The van der Waals surface area contributed by atoms with Gasteiger partial charge in [-0.1, -0.05) is 0 Å². The third-order valence-corrected chi connectivity index (χ3v) is 1.62. The van der Waals surface area contributed by atoms with E-state index in [-0.39, 0.29) is 6.61 Å². The largest absolute Gasteiger partial charge is 0.461 e. The minimum atomic E-state index is -0.963. The number of esters is 2. The van der Waals surface area contributed by atoms with Crippen molar-refractivity contribution < 1.29 is 19.1 Å². The van der Waals surface area contributed by atoms with Crippen molar-refractivity contribution in [1.82, 2.24) is 0 Å². The zero-order valence-electron chi connectivity index (χ0n) is 6.99. The van der Waals surface area contributed by atoms with E-state index >= 15 is 0 Å².